The highest BCUT2D eigenvalue weighted by Crippen LogP contribution is 2.20. The van der Waals surface area contributed by atoms with Gasteiger partial charge in [-0.1, -0.05) is 12.1 Å². The minimum absolute atomic E-state index is 0.0648. The standard InChI is InChI=1S/C7H5NO3S.C5H10O5/c9-7-5-3-1-2-4-6(5)12(10,11)8-7;6-1-3(8)5(10)4(9)2-7/h1-4H,(H,8,9);1,3-5,7-10H,2H2/t;3-,4-,5+/m.1/s1. The molecule has 122 valence electrons. The van der Waals surface area contributed by atoms with Gasteiger partial charge >= 0.3 is 0 Å². The molecule has 10 heteroatoms. The fraction of sp³-hybridized carbons (Fsp3) is 0.333. The Bertz CT molecular complexity index is 644. The van der Waals surface area contributed by atoms with Crippen molar-refractivity contribution >= 4 is 22.2 Å². The van der Waals surface area contributed by atoms with Crippen molar-refractivity contribution in [2.75, 3.05) is 6.61 Å². The van der Waals surface area contributed by atoms with Gasteiger partial charge in [-0.2, -0.15) is 0 Å². The Labute approximate surface area is 125 Å². The third kappa shape index (κ3) is 4.08. The number of hydrogen-bond donors (Lipinski definition) is 5. The maximum atomic E-state index is 11.1. The third-order valence-electron chi connectivity index (χ3n) is 2.72. The van der Waals surface area contributed by atoms with E-state index in [4.69, 9.17) is 20.4 Å². The minimum atomic E-state index is -3.55. The van der Waals surface area contributed by atoms with E-state index in [9.17, 15) is 18.0 Å². The van der Waals surface area contributed by atoms with E-state index in [0.29, 0.717) is 0 Å². The molecule has 0 saturated heterocycles. The highest BCUT2D eigenvalue weighted by Gasteiger charge is 2.31. The number of aliphatic hydroxyl groups is 4. The number of aldehydes is 1. The van der Waals surface area contributed by atoms with Gasteiger partial charge in [0.1, 0.15) is 23.2 Å². The molecule has 1 aliphatic rings. The number of aliphatic hydroxyl groups excluding tert-OH is 4. The third-order valence-corrected chi connectivity index (χ3v) is 4.11. The van der Waals surface area contributed by atoms with Crippen molar-refractivity contribution < 1.29 is 38.4 Å². The number of benzene rings is 1. The van der Waals surface area contributed by atoms with Gasteiger partial charge < -0.3 is 25.2 Å². The summed E-state index contributed by atoms with van der Waals surface area (Å²) in [7, 11) is -3.55. The van der Waals surface area contributed by atoms with Gasteiger partial charge in [-0.15, -0.1) is 0 Å². The summed E-state index contributed by atoms with van der Waals surface area (Å²) >= 11 is 0. The molecule has 22 heavy (non-hydrogen) atoms. The lowest BCUT2D eigenvalue weighted by molar-refractivity contribution is -0.127. The predicted molar refractivity (Wildman–Crippen MR) is 72.3 cm³/mol. The second kappa shape index (κ2) is 7.42. The van der Waals surface area contributed by atoms with Crippen molar-refractivity contribution in [3.63, 3.8) is 0 Å². The van der Waals surface area contributed by atoms with E-state index >= 15 is 0 Å². The lowest BCUT2D eigenvalue weighted by atomic mass is 10.1. The highest BCUT2D eigenvalue weighted by molar-refractivity contribution is 7.90. The second-order valence-corrected chi connectivity index (χ2v) is 5.95. The van der Waals surface area contributed by atoms with Crippen LogP contribution in [-0.2, 0) is 14.8 Å². The summed E-state index contributed by atoms with van der Waals surface area (Å²) in [5, 5.41) is 34.1. The first kappa shape index (κ1) is 18.2. The Balaban J connectivity index is 0.000000225. The summed E-state index contributed by atoms with van der Waals surface area (Å²) < 4.78 is 24.2. The van der Waals surface area contributed by atoms with Crippen molar-refractivity contribution in [3.8, 4) is 0 Å². The summed E-state index contributed by atoms with van der Waals surface area (Å²) in [5.41, 5.74) is 0.220. The van der Waals surface area contributed by atoms with E-state index in [1.807, 2.05) is 4.72 Å². The number of nitrogens with one attached hydrogen (secondary N) is 1. The Kier molecular flexibility index (Phi) is 6.14. The van der Waals surface area contributed by atoms with Gasteiger partial charge in [-0.25, -0.2) is 13.1 Å². The normalized spacial score (nSPS) is 19.0. The first-order chi connectivity index (χ1) is 10.2. The molecule has 2 rings (SSSR count). The van der Waals surface area contributed by atoms with Crippen LogP contribution < -0.4 is 4.72 Å². The summed E-state index contributed by atoms with van der Waals surface area (Å²) in [6, 6.07) is 6.09. The predicted octanol–water partition coefficient (Wildman–Crippen LogP) is -2.62. The van der Waals surface area contributed by atoms with Gasteiger partial charge in [0, 0.05) is 0 Å². The summed E-state index contributed by atoms with van der Waals surface area (Å²) in [4.78, 5) is 20.8. The molecule has 0 radical (unpaired) electrons. The summed E-state index contributed by atoms with van der Waals surface area (Å²) in [6.07, 6.45) is -4.63. The molecule has 1 aliphatic heterocycles. The quantitative estimate of drug-likeness (QED) is 0.374. The van der Waals surface area contributed by atoms with Crippen molar-refractivity contribution in [1.82, 2.24) is 4.72 Å². The van der Waals surface area contributed by atoms with Crippen LogP contribution in [0.15, 0.2) is 29.2 Å². The molecular weight excluding hydrogens is 318 g/mol. The van der Waals surface area contributed by atoms with Gasteiger partial charge in [0.25, 0.3) is 15.9 Å². The Morgan fingerprint density at radius 3 is 2.27 bits per heavy atom. The van der Waals surface area contributed by atoms with E-state index in [-0.39, 0.29) is 16.7 Å². The van der Waals surface area contributed by atoms with Gasteiger partial charge in [0.05, 0.1) is 12.2 Å². The van der Waals surface area contributed by atoms with Crippen LogP contribution in [0.5, 0.6) is 0 Å². The molecule has 1 amide bonds. The van der Waals surface area contributed by atoms with E-state index in [1.54, 1.807) is 12.1 Å². The molecule has 1 aromatic rings. The first-order valence-corrected chi connectivity index (χ1v) is 7.49. The Morgan fingerprint density at radius 1 is 1.18 bits per heavy atom. The Morgan fingerprint density at radius 2 is 1.77 bits per heavy atom. The molecular formula is C12H15NO8S. The number of amides is 1. The number of hydrogen-bond acceptors (Lipinski definition) is 8. The van der Waals surface area contributed by atoms with Crippen LogP contribution in [0.3, 0.4) is 0 Å². The fourth-order valence-corrected chi connectivity index (χ4v) is 2.71. The monoisotopic (exact) mass is 333 g/mol. The zero-order valence-electron chi connectivity index (χ0n) is 11.2. The van der Waals surface area contributed by atoms with Crippen LogP contribution in [0, 0.1) is 0 Å². The molecule has 9 nitrogen and oxygen atoms in total. The highest BCUT2D eigenvalue weighted by atomic mass is 32.2. The average Bonchev–Trinajstić information content (AvgIpc) is 2.75. The van der Waals surface area contributed by atoms with Crippen LogP contribution in [0.1, 0.15) is 10.4 Å². The van der Waals surface area contributed by atoms with Gasteiger partial charge in [0.2, 0.25) is 0 Å². The average molecular weight is 333 g/mol. The molecule has 0 aromatic heterocycles. The van der Waals surface area contributed by atoms with Crippen LogP contribution in [-0.4, -0.2) is 66.0 Å². The molecule has 0 aliphatic carbocycles. The summed E-state index contributed by atoms with van der Waals surface area (Å²) in [5.74, 6) is -0.550. The molecule has 0 saturated carbocycles. The SMILES string of the molecule is O=C1NS(=O)(=O)c2ccccc21.O=C[C@@H](O)[C@H](O)[C@H](O)CO. The van der Waals surface area contributed by atoms with Gasteiger partial charge in [-0.05, 0) is 12.1 Å². The molecule has 0 spiro atoms. The van der Waals surface area contributed by atoms with E-state index < -0.39 is 40.8 Å². The zero-order valence-corrected chi connectivity index (χ0v) is 12.0. The maximum Gasteiger partial charge on any atom is 0.266 e. The van der Waals surface area contributed by atoms with Crippen molar-refractivity contribution in [2.24, 2.45) is 0 Å². The number of carbonyl (C=O) groups is 2. The molecule has 0 bridgehead atoms. The smallest absolute Gasteiger partial charge is 0.266 e. The lowest BCUT2D eigenvalue weighted by Gasteiger charge is -2.16. The number of rotatable bonds is 4. The first-order valence-electron chi connectivity index (χ1n) is 6.01. The molecule has 1 heterocycles. The summed E-state index contributed by atoms with van der Waals surface area (Å²) in [6.45, 7) is -0.688. The molecule has 0 fully saturated rings. The zero-order chi connectivity index (χ0) is 16.9. The molecule has 3 atom stereocenters. The van der Waals surface area contributed by atoms with Crippen LogP contribution >= 0.6 is 0 Å². The van der Waals surface area contributed by atoms with Crippen molar-refractivity contribution in [2.45, 2.75) is 23.2 Å². The topological polar surface area (TPSA) is 161 Å². The minimum Gasteiger partial charge on any atom is -0.394 e. The maximum absolute atomic E-state index is 11.1. The largest absolute Gasteiger partial charge is 0.394 e. The van der Waals surface area contributed by atoms with Gasteiger partial charge in [0.15, 0.2) is 6.29 Å². The second-order valence-electron chi connectivity index (χ2n) is 4.30. The molecule has 5 N–H and O–H groups in total. The van der Waals surface area contributed by atoms with Crippen LogP contribution in [0.4, 0.5) is 0 Å². The van der Waals surface area contributed by atoms with Crippen molar-refractivity contribution in [1.29, 1.82) is 0 Å². The molecule has 0 unspecified atom stereocenters. The number of fused-ring (bicyclic) bond motifs is 1. The number of carbonyl (C=O) groups excluding carboxylic acids is 2. The number of sulfonamides is 1. The fourth-order valence-electron chi connectivity index (χ4n) is 1.54. The van der Waals surface area contributed by atoms with Gasteiger partial charge in [-0.3, -0.25) is 4.79 Å². The van der Waals surface area contributed by atoms with Crippen molar-refractivity contribution in [3.05, 3.63) is 29.8 Å². The lowest BCUT2D eigenvalue weighted by Crippen LogP contribution is -2.40. The Hall–Kier alpha value is -1.85. The molecule has 1 aromatic carbocycles. The van der Waals surface area contributed by atoms with Crippen LogP contribution in [0.2, 0.25) is 0 Å². The van der Waals surface area contributed by atoms with E-state index in [2.05, 4.69) is 0 Å². The van der Waals surface area contributed by atoms with Crippen LogP contribution in [0.25, 0.3) is 0 Å². The van der Waals surface area contributed by atoms with E-state index in [1.165, 1.54) is 12.1 Å². The van der Waals surface area contributed by atoms with E-state index in [0.717, 1.165) is 0 Å².